The summed E-state index contributed by atoms with van der Waals surface area (Å²) in [5.41, 5.74) is 6.99. The Bertz CT molecular complexity index is 1180. The highest BCUT2D eigenvalue weighted by Crippen LogP contribution is 2.48. The predicted octanol–water partition coefficient (Wildman–Crippen LogP) is 3.20. The van der Waals surface area contributed by atoms with Gasteiger partial charge in [0, 0.05) is 44.3 Å². The van der Waals surface area contributed by atoms with Crippen LogP contribution in [0.3, 0.4) is 0 Å². The van der Waals surface area contributed by atoms with Gasteiger partial charge in [-0.3, -0.25) is 9.78 Å². The maximum Gasteiger partial charge on any atom is 0.446 e. The molecule has 7 nitrogen and oxygen atoms in total. The summed E-state index contributed by atoms with van der Waals surface area (Å²) in [6, 6.07) is 6.62. The first-order valence-electron chi connectivity index (χ1n) is 10.7. The molecule has 1 saturated heterocycles. The summed E-state index contributed by atoms with van der Waals surface area (Å²) in [7, 11) is 1.80. The second kappa shape index (κ2) is 8.58. The minimum atomic E-state index is -4.78. The lowest BCUT2D eigenvalue weighted by atomic mass is 9.99. The third-order valence-corrected chi connectivity index (χ3v) is 6.57. The summed E-state index contributed by atoms with van der Waals surface area (Å²) in [6.07, 6.45) is -1.95. The molecule has 3 heterocycles. The summed E-state index contributed by atoms with van der Waals surface area (Å²) in [5.74, 6) is -0.987. The molecule has 4 rings (SSSR count). The standard InChI is InChI=1S/C23H24F3N5O2/c1-30-17-8-3-2-7-16(17)29-19(30)10-11-20(32)31(13-5-9-18(31)22(27)33)21(23(24,25)26)15-6-4-12-28-14-15/h2-4,6-8,12,14,18,21H,5,9-11,13H2,1H3,(H-,27,33)/p+1/t18-,21?,31?/m0/s1. The molecule has 33 heavy (non-hydrogen) atoms. The number of nitrogens with zero attached hydrogens (tertiary/aromatic N) is 4. The van der Waals surface area contributed by atoms with Crippen molar-refractivity contribution in [1.29, 1.82) is 0 Å². The number of hydrogen-bond donors (Lipinski definition) is 1. The Hall–Kier alpha value is -3.27. The van der Waals surface area contributed by atoms with Crippen LogP contribution < -0.4 is 5.73 Å². The van der Waals surface area contributed by atoms with Gasteiger partial charge in [-0.15, -0.1) is 0 Å². The Morgan fingerprint density at radius 1 is 1.24 bits per heavy atom. The molecule has 0 radical (unpaired) electrons. The number of primary amides is 1. The molecule has 174 valence electrons. The molecule has 1 aliphatic rings. The van der Waals surface area contributed by atoms with Crippen molar-refractivity contribution < 1.29 is 27.2 Å². The largest absolute Gasteiger partial charge is 0.446 e. The highest BCUT2D eigenvalue weighted by atomic mass is 19.4. The predicted molar refractivity (Wildman–Crippen MR) is 114 cm³/mol. The number of amides is 2. The van der Waals surface area contributed by atoms with E-state index >= 15 is 0 Å². The van der Waals surface area contributed by atoms with Crippen LogP contribution in [0.1, 0.15) is 36.7 Å². The molecule has 1 aliphatic heterocycles. The van der Waals surface area contributed by atoms with Gasteiger partial charge in [0.15, 0.2) is 6.04 Å². The fourth-order valence-corrected chi connectivity index (χ4v) is 5.15. The van der Waals surface area contributed by atoms with Crippen LogP contribution in [0.25, 0.3) is 11.0 Å². The van der Waals surface area contributed by atoms with Crippen molar-refractivity contribution in [2.24, 2.45) is 12.8 Å². The molecule has 1 aromatic carbocycles. The van der Waals surface area contributed by atoms with E-state index in [-0.39, 0.29) is 31.4 Å². The number of hydrogen-bond acceptors (Lipinski definition) is 4. The SMILES string of the molecule is Cn1c(CCC(=O)[N+]2(C(c3cccnc3)C(F)(F)F)CCC[C@H]2C(N)=O)nc2ccccc21. The van der Waals surface area contributed by atoms with Crippen LogP contribution in [-0.4, -0.2) is 49.6 Å². The number of rotatable bonds is 6. The molecule has 0 bridgehead atoms. The van der Waals surface area contributed by atoms with E-state index in [1.807, 2.05) is 28.8 Å². The van der Waals surface area contributed by atoms with Gasteiger partial charge in [-0.1, -0.05) is 12.1 Å². The Morgan fingerprint density at radius 2 is 2.00 bits per heavy atom. The van der Waals surface area contributed by atoms with E-state index in [1.165, 1.54) is 18.3 Å². The zero-order valence-electron chi connectivity index (χ0n) is 18.1. The number of aryl methyl sites for hydroxylation is 2. The quantitative estimate of drug-likeness (QED) is 0.572. The van der Waals surface area contributed by atoms with Gasteiger partial charge in [0.05, 0.1) is 24.0 Å². The van der Waals surface area contributed by atoms with Crippen molar-refractivity contribution in [3.8, 4) is 0 Å². The number of aromatic nitrogens is 3. The minimum absolute atomic E-state index is 0.117. The van der Waals surface area contributed by atoms with Crippen molar-refractivity contribution in [2.75, 3.05) is 6.54 Å². The van der Waals surface area contributed by atoms with Crippen LogP contribution in [0.4, 0.5) is 13.2 Å². The van der Waals surface area contributed by atoms with E-state index in [2.05, 4.69) is 9.97 Å². The lowest BCUT2D eigenvalue weighted by Crippen LogP contribution is -2.64. The third-order valence-electron chi connectivity index (χ3n) is 6.57. The number of imidazole rings is 1. The number of carbonyl (C=O) groups is 2. The maximum absolute atomic E-state index is 14.5. The summed E-state index contributed by atoms with van der Waals surface area (Å²) in [6.45, 7) is -0.117. The Morgan fingerprint density at radius 3 is 2.64 bits per heavy atom. The van der Waals surface area contributed by atoms with Gasteiger partial charge in [0.25, 0.3) is 5.91 Å². The Labute approximate surface area is 188 Å². The van der Waals surface area contributed by atoms with Crippen LogP contribution in [0.15, 0.2) is 48.8 Å². The third kappa shape index (κ3) is 3.99. The van der Waals surface area contributed by atoms with E-state index in [0.717, 1.165) is 17.2 Å². The van der Waals surface area contributed by atoms with Crippen molar-refractivity contribution in [2.45, 2.75) is 43.9 Å². The lowest BCUT2D eigenvalue weighted by molar-refractivity contribution is -0.902. The smallest absolute Gasteiger partial charge is 0.364 e. The summed E-state index contributed by atoms with van der Waals surface area (Å²) in [4.78, 5) is 34.3. The molecule has 0 aliphatic carbocycles. The summed E-state index contributed by atoms with van der Waals surface area (Å²) < 4.78 is 44.3. The number of quaternary nitrogens is 1. The number of fused-ring (bicyclic) bond motifs is 1. The monoisotopic (exact) mass is 460 g/mol. The van der Waals surface area contributed by atoms with E-state index < -0.39 is 34.6 Å². The van der Waals surface area contributed by atoms with Crippen LogP contribution in [0.2, 0.25) is 0 Å². The molecule has 0 saturated carbocycles. The zero-order valence-corrected chi connectivity index (χ0v) is 18.1. The number of halogens is 3. The van der Waals surface area contributed by atoms with Gasteiger partial charge in [0.1, 0.15) is 5.82 Å². The molecule has 2 amide bonds. The van der Waals surface area contributed by atoms with E-state index in [9.17, 15) is 22.8 Å². The van der Waals surface area contributed by atoms with Crippen LogP contribution in [-0.2, 0) is 23.1 Å². The highest BCUT2D eigenvalue weighted by Gasteiger charge is 2.64. The second-order valence-corrected chi connectivity index (χ2v) is 8.41. The number of nitrogens with two attached hydrogens (primary N) is 1. The minimum Gasteiger partial charge on any atom is -0.364 e. The number of likely N-dealkylation sites (tertiary alicyclic amines) is 1. The van der Waals surface area contributed by atoms with Crippen molar-refractivity contribution in [1.82, 2.24) is 14.5 Å². The van der Waals surface area contributed by atoms with E-state index in [4.69, 9.17) is 5.73 Å². The van der Waals surface area contributed by atoms with Gasteiger partial charge in [-0.05, 0) is 24.3 Å². The number of pyridine rings is 1. The van der Waals surface area contributed by atoms with E-state index in [1.54, 1.807) is 7.05 Å². The number of benzene rings is 1. The molecular formula is C23H25F3N5O2+. The maximum atomic E-state index is 14.5. The molecule has 2 unspecified atom stereocenters. The van der Waals surface area contributed by atoms with Gasteiger partial charge in [-0.2, -0.15) is 13.2 Å². The molecular weight excluding hydrogens is 435 g/mol. The fraction of sp³-hybridized carbons (Fsp3) is 0.391. The molecule has 3 atom stereocenters. The van der Waals surface area contributed by atoms with Gasteiger partial charge in [0.2, 0.25) is 6.04 Å². The van der Waals surface area contributed by atoms with Gasteiger partial charge < -0.3 is 10.3 Å². The summed E-state index contributed by atoms with van der Waals surface area (Å²) >= 11 is 0. The van der Waals surface area contributed by atoms with Crippen molar-refractivity contribution in [3.63, 3.8) is 0 Å². The molecule has 2 aromatic heterocycles. The molecule has 10 heteroatoms. The lowest BCUT2D eigenvalue weighted by Gasteiger charge is -2.43. The molecule has 3 aromatic rings. The normalized spacial score (nSPS) is 21.9. The van der Waals surface area contributed by atoms with E-state index in [0.29, 0.717) is 12.2 Å². The zero-order chi connectivity index (χ0) is 23.8. The van der Waals surface area contributed by atoms with Crippen LogP contribution in [0.5, 0.6) is 0 Å². The molecule has 1 fully saturated rings. The van der Waals surface area contributed by atoms with Crippen molar-refractivity contribution in [3.05, 3.63) is 60.2 Å². The Kier molecular flexibility index (Phi) is 5.96. The number of alkyl halides is 3. The van der Waals surface area contributed by atoms with Crippen LogP contribution >= 0.6 is 0 Å². The first kappa shape index (κ1) is 22.9. The average Bonchev–Trinajstić information content (AvgIpc) is 3.35. The molecule has 2 N–H and O–H groups in total. The average molecular weight is 460 g/mol. The van der Waals surface area contributed by atoms with Gasteiger partial charge >= 0.3 is 12.1 Å². The fourth-order valence-electron chi connectivity index (χ4n) is 5.15. The molecule has 0 spiro atoms. The number of para-hydroxylation sites is 2. The first-order chi connectivity index (χ1) is 15.7. The highest BCUT2D eigenvalue weighted by molar-refractivity contribution is 5.83. The van der Waals surface area contributed by atoms with Crippen LogP contribution in [0, 0.1) is 0 Å². The second-order valence-electron chi connectivity index (χ2n) is 8.41. The topological polar surface area (TPSA) is 90.9 Å². The summed E-state index contributed by atoms with van der Waals surface area (Å²) in [5, 5.41) is 0. The van der Waals surface area contributed by atoms with Gasteiger partial charge in [-0.25, -0.2) is 14.3 Å². The Balaban J connectivity index is 1.74. The van der Waals surface area contributed by atoms with Crippen molar-refractivity contribution >= 4 is 22.8 Å². The number of carbonyl (C=O) groups excluding carboxylic acids is 2. The first-order valence-corrected chi connectivity index (χ1v) is 10.7.